The molecule has 0 aliphatic heterocycles. The molecule has 0 fully saturated rings. The third-order valence-corrected chi connectivity index (χ3v) is 14.1. The van der Waals surface area contributed by atoms with Gasteiger partial charge in [-0.05, 0) is 101 Å². The lowest BCUT2D eigenvalue weighted by molar-refractivity contribution is 0.416. The van der Waals surface area contributed by atoms with Gasteiger partial charge >= 0.3 is 0 Å². The number of methoxy groups -OCH3 is 1. The van der Waals surface area contributed by atoms with Crippen LogP contribution >= 0.6 is 46.1 Å². The van der Waals surface area contributed by atoms with E-state index in [1.54, 1.807) is 0 Å². The van der Waals surface area contributed by atoms with Gasteiger partial charge in [0.15, 0.2) is 0 Å². The summed E-state index contributed by atoms with van der Waals surface area (Å²) in [6.45, 7) is 16.2. The summed E-state index contributed by atoms with van der Waals surface area (Å²) in [7, 11) is 1.82. The summed E-state index contributed by atoms with van der Waals surface area (Å²) in [5, 5.41) is 4.84. The first-order chi connectivity index (χ1) is 22.5. The topological polar surface area (TPSA) is 60.8 Å². The largest absolute Gasteiger partial charge is 0.496 e. The first-order valence-electron chi connectivity index (χ1n) is 15.8. The molecule has 47 heavy (non-hydrogen) atoms. The average molecular weight is 687 g/mol. The molecule has 4 heterocycles. The van der Waals surface area contributed by atoms with Crippen LogP contribution in [0.4, 0.5) is 0 Å². The quantitative estimate of drug-likeness (QED) is 0.181. The van der Waals surface area contributed by atoms with E-state index in [1.165, 1.54) is 92.7 Å². The minimum atomic E-state index is -0.226. The van der Waals surface area contributed by atoms with Gasteiger partial charge in [-0.25, -0.2) is 0 Å². The van der Waals surface area contributed by atoms with Gasteiger partial charge in [-0.2, -0.15) is 17.5 Å². The Bertz CT molecular complexity index is 2720. The van der Waals surface area contributed by atoms with Crippen LogP contribution in [0.2, 0.25) is 0 Å². The Labute approximate surface area is 288 Å². The Morgan fingerprint density at radius 3 is 1.89 bits per heavy atom. The van der Waals surface area contributed by atoms with Crippen molar-refractivity contribution in [2.45, 2.75) is 59.3 Å². The number of benzene rings is 4. The zero-order valence-corrected chi connectivity index (χ0v) is 30.6. The number of thiophene rings is 2. The first-order valence-corrected chi connectivity index (χ1v) is 18.9. The summed E-state index contributed by atoms with van der Waals surface area (Å²) < 4.78 is 25.3. The highest BCUT2D eigenvalue weighted by Crippen LogP contribution is 2.62. The number of nitrogens with zero attached hydrogens (tertiary/aromatic N) is 4. The summed E-state index contributed by atoms with van der Waals surface area (Å²) in [4.78, 5) is 5.29. The lowest BCUT2D eigenvalue weighted by Gasteiger charge is -2.28. The zero-order chi connectivity index (χ0) is 32.3. The molecule has 9 heteroatoms. The van der Waals surface area contributed by atoms with E-state index >= 15 is 0 Å². The summed E-state index contributed by atoms with van der Waals surface area (Å²) in [6.07, 6.45) is 0. The molecule has 8 aromatic rings. The van der Waals surface area contributed by atoms with E-state index in [2.05, 4.69) is 89.2 Å². The third kappa shape index (κ3) is 3.38. The summed E-state index contributed by atoms with van der Waals surface area (Å²) in [6, 6.07) is 14.0. The number of aryl methyl sites for hydroxylation is 3. The van der Waals surface area contributed by atoms with Crippen molar-refractivity contribution in [3.63, 3.8) is 0 Å². The van der Waals surface area contributed by atoms with Gasteiger partial charge in [-0.15, -0.1) is 22.7 Å². The molecule has 232 valence electrons. The zero-order valence-electron chi connectivity index (χ0n) is 27.3. The van der Waals surface area contributed by atoms with Crippen molar-refractivity contribution >= 4 is 89.7 Å². The van der Waals surface area contributed by atoms with Crippen LogP contribution in [-0.2, 0) is 10.8 Å². The molecule has 0 radical (unpaired) electrons. The molecular formula is C38H30N4OS4. The van der Waals surface area contributed by atoms with Crippen molar-refractivity contribution in [2.24, 2.45) is 0 Å². The number of rotatable bonds is 2. The highest BCUT2D eigenvalue weighted by atomic mass is 32.1. The van der Waals surface area contributed by atoms with E-state index in [9.17, 15) is 0 Å². The molecule has 4 aromatic carbocycles. The number of hydrogen-bond donors (Lipinski definition) is 0. The van der Waals surface area contributed by atoms with Crippen molar-refractivity contribution < 1.29 is 4.74 Å². The molecule has 0 spiro atoms. The molecule has 10 rings (SSSR count). The molecule has 0 atom stereocenters. The number of ether oxygens (including phenoxy) is 1. The molecule has 2 aliphatic carbocycles. The van der Waals surface area contributed by atoms with Crippen LogP contribution in [-0.4, -0.2) is 24.6 Å². The highest BCUT2D eigenvalue weighted by Gasteiger charge is 2.45. The molecule has 4 aromatic heterocycles. The van der Waals surface area contributed by atoms with E-state index in [0.29, 0.717) is 0 Å². The monoisotopic (exact) mass is 686 g/mol. The number of aromatic nitrogens is 4. The molecule has 0 bridgehead atoms. The van der Waals surface area contributed by atoms with Crippen LogP contribution in [0.15, 0.2) is 36.4 Å². The Morgan fingerprint density at radius 1 is 0.574 bits per heavy atom. The fourth-order valence-electron chi connectivity index (χ4n) is 8.63. The number of fused-ring (bicyclic) bond motifs is 14. The Kier molecular flexibility index (Phi) is 5.43. The SMILES string of the molecule is COc1cc2c3c(c(C)cc2c2c1-c1sc(-c4cc5c(cc(C)c6nsnc65)c5nsnc45)cc1C2(C)C)-c1sc(C)cc1C3(C)C. The van der Waals surface area contributed by atoms with Gasteiger partial charge < -0.3 is 4.74 Å². The van der Waals surface area contributed by atoms with Crippen molar-refractivity contribution in [1.29, 1.82) is 0 Å². The molecular weight excluding hydrogens is 657 g/mol. The maximum absolute atomic E-state index is 6.31. The van der Waals surface area contributed by atoms with Gasteiger partial charge in [0.1, 0.15) is 27.8 Å². The molecule has 0 unspecified atom stereocenters. The van der Waals surface area contributed by atoms with E-state index in [0.717, 1.165) is 49.7 Å². The summed E-state index contributed by atoms with van der Waals surface area (Å²) >= 11 is 6.32. The fourth-order valence-corrected chi connectivity index (χ4v) is 12.5. The van der Waals surface area contributed by atoms with Crippen molar-refractivity contribution in [2.75, 3.05) is 7.11 Å². The van der Waals surface area contributed by atoms with E-state index in [4.69, 9.17) is 17.9 Å². The van der Waals surface area contributed by atoms with Crippen molar-refractivity contribution in [3.8, 4) is 37.1 Å². The normalized spacial score (nSPS) is 15.6. The third-order valence-electron chi connectivity index (χ3n) is 10.8. The van der Waals surface area contributed by atoms with Gasteiger partial charge in [0.25, 0.3) is 0 Å². The predicted molar refractivity (Wildman–Crippen MR) is 200 cm³/mol. The minimum absolute atomic E-state index is 0.0838. The second-order valence-electron chi connectivity index (χ2n) is 14.2. The predicted octanol–water partition coefficient (Wildman–Crippen LogP) is 11.3. The Balaban J connectivity index is 1.25. The van der Waals surface area contributed by atoms with E-state index in [1.807, 2.05) is 29.8 Å². The fraction of sp³-hybridized carbons (Fsp3) is 0.263. The maximum atomic E-state index is 6.31. The van der Waals surface area contributed by atoms with Crippen molar-refractivity contribution in [3.05, 3.63) is 74.7 Å². The van der Waals surface area contributed by atoms with Crippen LogP contribution in [0, 0.1) is 20.8 Å². The van der Waals surface area contributed by atoms with Gasteiger partial charge in [0.05, 0.1) is 30.6 Å². The summed E-state index contributed by atoms with van der Waals surface area (Å²) in [5.41, 5.74) is 15.3. The molecule has 5 nitrogen and oxygen atoms in total. The second-order valence-corrected chi connectivity index (χ2v) is 17.6. The summed E-state index contributed by atoms with van der Waals surface area (Å²) in [5.74, 6) is 0.950. The molecule has 0 saturated heterocycles. The van der Waals surface area contributed by atoms with Gasteiger partial charge in [-0.1, -0.05) is 33.8 Å². The van der Waals surface area contributed by atoms with Crippen LogP contribution in [0.5, 0.6) is 5.75 Å². The standard InChI is InChI=1S/C38H30N4OS4/c1-15-9-18-19(29-27(15)35-23(37(29,4)5)11-17(3)44-35)13-25(43-8)28-30(18)38(6,7)24-14-26(45-36(24)28)22-12-21-20(33-34(22)42-47-41-33)10-16(2)31-32(21)40-46-39-31/h9-14H,1-8H3. The molecule has 0 saturated carbocycles. The highest BCUT2D eigenvalue weighted by molar-refractivity contribution is 7.19. The minimum Gasteiger partial charge on any atom is -0.496 e. The van der Waals surface area contributed by atoms with Crippen LogP contribution in [0.25, 0.3) is 74.9 Å². The van der Waals surface area contributed by atoms with Crippen LogP contribution in [0.3, 0.4) is 0 Å². The average Bonchev–Trinajstić information content (AvgIpc) is 3.86. The lowest BCUT2D eigenvalue weighted by atomic mass is 9.75. The molecule has 0 amide bonds. The van der Waals surface area contributed by atoms with Gasteiger partial charge in [-0.3, -0.25) is 0 Å². The van der Waals surface area contributed by atoms with E-state index < -0.39 is 0 Å². The number of hydrogen-bond acceptors (Lipinski definition) is 9. The molecule has 2 aliphatic rings. The van der Waals surface area contributed by atoms with Crippen LogP contribution in [0.1, 0.15) is 66.0 Å². The Hall–Kier alpha value is -3.76. The van der Waals surface area contributed by atoms with Gasteiger partial charge in [0.2, 0.25) is 0 Å². The second kappa shape index (κ2) is 9.02. The maximum Gasteiger partial charge on any atom is 0.128 e. The van der Waals surface area contributed by atoms with E-state index in [-0.39, 0.29) is 10.8 Å². The Morgan fingerprint density at radius 2 is 1.15 bits per heavy atom. The van der Waals surface area contributed by atoms with Crippen LogP contribution < -0.4 is 4.74 Å². The lowest BCUT2D eigenvalue weighted by Crippen LogP contribution is -2.18. The smallest absolute Gasteiger partial charge is 0.128 e. The van der Waals surface area contributed by atoms with Gasteiger partial charge in [0, 0.05) is 52.2 Å². The first kappa shape index (κ1) is 28.3. The van der Waals surface area contributed by atoms with Crippen molar-refractivity contribution in [1.82, 2.24) is 17.5 Å². The molecule has 0 N–H and O–H groups in total.